The van der Waals surface area contributed by atoms with E-state index >= 15 is 0 Å². The Bertz CT molecular complexity index is 458. The Labute approximate surface area is 125 Å². The van der Waals surface area contributed by atoms with E-state index in [1.807, 2.05) is 0 Å². The van der Waals surface area contributed by atoms with Crippen molar-refractivity contribution in [2.75, 3.05) is 7.05 Å². The topological polar surface area (TPSA) is 45.2 Å². The number of hydrogen-bond acceptors (Lipinski definition) is 3. The van der Waals surface area contributed by atoms with Crippen LogP contribution < -0.4 is 5.32 Å². The molecule has 0 unspecified atom stereocenters. The van der Waals surface area contributed by atoms with Crippen LogP contribution in [0.3, 0.4) is 0 Å². The summed E-state index contributed by atoms with van der Waals surface area (Å²) in [5.41, 5.74) is 2.29. The molecule has 4 nitrogen and oxygen atoms in total. The first kappa shape index (κ1) is 16.1. The maximum Gasteiger partial charge on any atom is 0.408 e. The zero-order valence-corrected chi connectivity index (χ0v) is 12.5. The fourth-order valence-corrected chi connectivity index (χ4v) is 3.18. The van der Waals surface area contributed by atoms with Crippen LogP contribution in [0.1, 0.15) is 31.4 Å². The van der Waals surface area contributed by atoms with Gasteiger partial charge >= 0.3 is 12.2 Å². The second-order valence-corrected chi connectivity index (χ2v) is 6.07. The van der Waals surface area contributed by atoms with Crippen LogP contribution in [0.2, 0.25) is 0 Å². The summed E-state index contributed by atoms with van der Waals surface area (Å²) < 4.78 is 39.4. The summed E-state index contributed by atoms with van der Waals surface area (Å²) in [4.78, 5) is 17.2. The largest absolute Gasteiger partial charge is 0.408 e. The van der Waals surface area contributed by atoms with Crippen molar-refractivity contribution in [3.63, 3.8) is 0 Å². The summed E-state index contributed by atoms with van der Waals surface area (Å²) in [6, 6.07) is -2.47. The highest BCUT2D eigenvalue weighted by Gasteiger charge is 2.46. The van der Waals surface area contributed by atoms with Gasteiger partial charge in [-0.2, -0.15) is 13.2 Å². The van der Waals surface area contributed by atoms with Crippen molar-refractivity contribution in [2.24, 2.45) is 5.92 Å². The van der Waals surface area contributed by atoms with Gasteiger partial charge in [0.2, 0.25) is 0 Å². The Morgan fingerprint density at radius 2 is 2.19 bits per heavy atom. The smallest absolute Gasteiger partial charge is 0.326 e. The van der Waals surface area contributed by atoms with Crippen molar-refractivity contribution in [1.82, 2.24) is 15.2 Å². The first-order valence-corrected chi connectivity index (χ1v) is 7.77. The molecule has 1 aromatic heterocycles. The molecule has 0 spiro atoms. The van der Waals surface area contributed by atoms with E-state index in [1.54, 1.807) is 10.9 Å². The molecule has 21 heavy (non-hydrogen) atoms. The molecule has 1 fully saturated rings. The molecule has 1 saturated carbocycles. The molecule has 0 aromatic carbocycles. The van der Waals surface area contributed by atoms with Crippen LogP contribution in [-0.4, -0.2) is 35.2 Å². The molecule has 1 heterocycles. The number of rotatable bonds is 4. The van der Waals surface area contributed by atoms with E-state index in [0.29, 0.717) is 18.5 Å². The van der Waals surface area contributed by atoms with E-state index in [1.165, 1.54) is 23.3 Å². The molecule has 0 saturated heterocycles. The predicted octanol–water partition coefficient (Wildman–Crippen LogP) is 3.41. The van der Waals surface area contributed by atoms with Crippen molar-refractivity contribution in [1.29, 1.82) is 0 Å². The van der Waals surface area contributed by atoms with Crippen molar-refractivity contribution in [3.05, 3.63) is 16.6 Å². The van der Waals surface area contributed by atoms with Gasteiger partial charge in [0.25, 0.3) is 0 Å². The standard InChI is InChI=1S/C13H18F3N3OS/c1-19(6-10-7-21-8-17-10)12(20)18-11(13(14,15)16)9-4-2-3-5-9/h7-9,11H,2-6H2,1H3,(H,18,20)/t11-/m1/s1. The number of alkyl halides is 3. The molecule has 0 bridgehead atoms. The van der Waals surface area contributed by atoms with Gasteiger partial charge in [-0.15, -0.1) is 11.3 Å². The lowest BCUT2D eigenvalue weighted by atomic mass is 9.98. The minimum atomic E-state index is -4.41. The number of nitrogens with one attached hydrogen (secondary N) is 1. The first-order valence-electron chi connectivity index (χ1n) is 6.83. The molecule has 2 amide bonds. The molecule has 2 rings (SSSR count). The lowest BCUT2D eigenvalue weighted by molar-refractivity contribution is -0.165. The summed E-state index contributed by atoms with van der Waals surface area (Å²) in [5.74, 6) is -0.512. The van der Waals surface area contributed by atoms with Gasteiger partial charge in [0.1, 0.15) is 6.04 Å². The second kappa shape index (κ2) is 6.64. The normalized spacial score (nSPS) is 17.7. The minimum absolute atomic E-state index is 0.199. The highest BCUT2D eigenvalue weighted by atomic mass is 32.1. The number of nitrogens with zero attached hydrogens (tertiary/aromatic N) is 2. The van der Waals surface area contributed by atoms with E-state index in [4.69, 9.17) is 0 Å². The summed E-state index contributed by atoms with van der Waals surface area (Å²) in [6.07, 6.45) is -1.80. The van der Waals surface area contributed by atoms with Crippen molar-refractivity contribution in [2.45, 2.75) is 44.4 Å². The Morgan fingerprint density at radius 1 is 1.52 bits per heavy atom. The molecule has 1 aromatic rings. The third kappa shape index (κ3) is 4.33. The molecule has 1 aliphatic rings. The number of aromatic nitrogens is 1. The summed E-state index contributed by atoms with van der Waals surface area (Å²) in [5, 5.41) is 3.91. The molecule has 1 aliphatic carbocycles. The fourth-order valence-electron chi connectivity index (χ4n) is 2.63. The van der Waals surface area contributed by atoms with Crippen LogP contribution in [0.5, 0.6) is 0 Å². The van der Waals surface area contributed by atoms with Gasteiger partial charge in [-0.3, -0.25) is 0 Å². The second-order valence-electron chi connectivity index (χ2n) is 5.35. The number of carbonyl (C=O) groups is 1. The Morgan fingerprint density at radius 3 is 2.71 bits per heavy atom. The molecule has 0 aliphatic heterocycles. The molecule has 118 valence electrons. The van der Waals surface area contributed by atoms with Crippen LogP contribution in [-0.2, 0) is 6.54 Å². The van der Waals surface area contributed by atoms with Crippen molar-refractivity contribution in [3.8, 4) is 0 Å². The van der Waals surface area contributed by atoms with E-state index in [0.717, 1.165) is 12.8 Å². The molecule has 0 radical (unpaired) electrons. The van der Waals surface area contributed by atoms with Crippen LogP contribution in [0.25, 0.3) is 0 Å². The quantitative estimate of drug-likeness (QED) is 0.924. The Balaban J connectivity index is 1.97. The van der Waals surface area contributed by atoms with Crippen molar-refractivity contribution < 1.29 is 18.0 Å². The Kier molecular flexibility index (Phi) is 5.08. The highest BCUT2D eigenvalue weighted by molar-refractivity contribution is 7.07. The number of halogens is 3. The van der Waals surface area contributed by atoms with Crippen LogP contribution in [0, 0.1) is 5.92 Å². The van der Waals surface area contributed by atoms with Gasteiger partial charge in [-0.25, -0.2) is 9.78 Å². The monoisotopic (exact) mass is 321 g/mol. The van der Waals surface area contributed by atoms with Gasteiger partial charge in [-0.05, 0) is 18.8 Å². The number of carbonyl (C=O) groups excluding carboxylic acids is 1. The summed E-state index contributed by atoms with van der Waals surface area (Å²) in [6.45, 7) is 0.199. The molecular formula is C13H18F3N3OS. The van der Waals surface area contributed by atoms with E-state index in [-0.39, 0.29) is 6.54 Å². The average molecular weight is 321 g/mol. The van der Waals surface area contributed by atoms with Gasteiger partial charge in [0.15, 0.2) is 0 Å². The molecule has 1 N–H and O–H groups in total. The Hall–Kier alpha value is -1.31. The van der Waals surface area contributed by atoms with Gasteiger partial charge < -0.3 is 10.2 Å². The molecular weight excluding hydrogens is 303 g/mol. The maximum atomic E-state index is 13.1. The summed E-state index contributed by atoms with van der Waals surface area (Å²) >= 11 is 1.38. The van der Waals surface area contributed by atoms with Gasteiger partial charge in [-0.1, -0.05) is 12.8 Å². The van der Waals surface area contributed by atoms with Gasteiger partial charge in [0.05, 0.1) is 17.7 Å². The SMILES string of the molecule is CN(Cc1cscn1)C(=O)N[C@H](C1CCCC1)C(F)(F)F. The number of thiazole rings is 1. The average Bonchev–Trinajstić information content (AvgIpc) is 3.06. The maximum absolute atomic E-state index is 13.1. The first-order chi connectivity index (χ1) is 9.88. The van der Waals surface area contributed by atoms with E-state index in [2.05, 4.69) is 10.3 Å². The molecule has 8 heteroatoms. The van der Waals surface area contributed by atoms with Gasteiger partial charge in [0, 0.05) is 12.4 Å². The number of hydrogen-bond donors (Lipinski definition) is 1. The fraction of sp³-hybridized carbons (Fsp3) is 0.692. The minimum Gasteiger partial charge on any atom is -0.326 e. The predicted molar refractivity (Wildman–Crippen MR) is 73.9 cm³/mol. The number of amides is 2. The molecule has 1 atom stereocenters. The van der Waals surface area contributed by atoms with Crippen LogP contribution >= 0.6 is 11.3 Å². The lowest BCUT2D eigenvalue weighted by Gasteiger charge is -2.29. The highest BCUT2D eigenvalue weighted by Crippen LogP contribution is 2.35. The number of urea groups is 1. The summed E-state index contributed by atoms with van der Waals surface area (Å²) in [7, 11) is 1.47. The van der Waals surface area contributed by atoms with Crippen molar-refractivity contribution >= 4 is 17.4 Å². The van der Waals surface area contributed by atoms with E-state index in [9.17, 15) is 18.0 Å². The van der Waals surface area contributed by atoms with E-state index < -0.39 is 24.2 Å². The zero-order valence-electron chi connectivity index (χ0n) is 11.7. The third-order valence-electron chi connectivity index (χ3n) is 3.73. The lowest BCUT2D eigenvalue weighted by Crippen LogP contribution is -2.52. The third-order valence-corrected chi connectivity index (χ3v) is 4.37. The van der Waals surface area contributed by atoms with Crippen LogP contribution in [0.15, 0.2) is 10.9 Å². The zero-order chi connectivity index (χ0) is 15.5. The van der Waals surface area contributed by atoms with Crippen LogP contribution in [0.4, 0.5) is 18.0 Å².